The number of hydrogen-bond donors (Lipinski definition) is 1. The number of likely N-dealkylation sites (N-methyl/N-ethyl adjacent to an activating group) is 1. The summed E-state index contributed by atoms with van der Waals surface area (Å²) in [5.74, 6) is 0. The van der Waals surface area contributed by atoms with Crippen LogP contribution in [0.25, 0.3) is 0 Å². The van der Waals surface area contributed by atoms with Gasteiger partial charge in [0.2, 0.25) is 0 Å². The maximum Gasteiger partial charge on any atom is 0.0247 e. The number of nitrogens with zero attached hydrogens (tertiary/aromatic N) is 1. The summed E-state index contributed by atoms with van der Waals surface area (Å²) in [7, 11) is 2.22. The first kappa shape index (κ1) is 6.62. The Bertz CT molecular complexity index is 135. The molecule has 2 bridgehead atoms. The van der Waals surface area contributed by atoms with Crippen molar-refractivity contribution >= 4 is 0 Å². The number of nitrogens with two attached hydrogens (primary N) is 1. The fraction of sp³-hybridized carbons (Fsp3) is 1.00. The first-order valence-corrected chi connectivity index (χ1v) is 4.26. The standard InChI is InChI=1S/C8H16N2/c1-10-6-2-4-7(9)8(10)5-3-6/h6-8H,2-5,9H2,1H3/t6-,7-,8-/m1/s1. The highest BCUT2D eigenvalue weighted by atomic mass is 15.2. The van der Waals surface area contributed by atoms with E-state index >= 15 is 0 Å². The molecule has 2 nitrogen and oxygen atoms in total. The molecular weight excluding hydrogens is 124 g/mol. The third-order valence-corrected chi connectivity index (χ3v) is 3.22. The monoisotopic (exact) mass is 140 g/mol. The molecule has 10 heavy (non-hydrogen) atoms. The Morgan fingerprint density at radius 1 is 1.20 bits per heavy atom. The van der Waals surface area contributed by atoms with E-state index in [0.717, 1.165) is 6.04 Å². The molecule has 2 aliphatic heterocycles. The maximum atomic E-state index is 5.96. The van der Waals surface area contributed by atoms with Gasteiger partial charge in [0, 0.05) is 18.1 Å². The zero-order valence-corrected chi connectivity index (χ0v) is 6.59. The first-order chi connectivity index (χ1) is 4.79. The highest BCUT2D eigenvalue weighted by Gasteiger charge is 2.37. The van der Waals surface area contributed by atoms with Gasteiger partial charge >= 0.3 is 0 Å². The van der Waals surface area contributed by atoms with Crippen LogP contribution in [0.1, 0.15) is 25.7 Å². The van der Waals surface area contributed by atoms with Crippen LogP contribution in [-0.2, 0) is 0 Å². The smallest absolute Gasteiger partial charge is 0.0247 e. The molecule has 2 N–H and O–H groups in total. The Labute approximate surface area is 62.4 Å². The van der Waals surface area contributed by atoms with Crippen LogP contribution in [0.3, 0.4) is 0 Å². The average molecular weight is 140 g/mol. The number of hydrogen-bond acceptors (Lipinski definition) is 2. The van der Waals surface area contributed by atoms with Gasteiger partial charge in [-0.15, -0.1) is 0 Å². The lowest BCUT2D eigenvalue weighted by Gasteiger charge is -2.35. The molecule has 2 heteroatoms. The molecule has 3 atom stereocenters. The zero-order valence-electron chi connectivity index (χ0n) is 6.59. The van der Waals surface area contributed by atoms with Crippen molar-refractivity contribution in [2.24, 2.45) is 5.73 Å². The highest BCUT2D eigenvalue weighted by Crippen LogP contribution is 2.32. The third kappa shape index (κ3) is 0.789. The molecule has 2 fully saturated rings. The Balaban J connectivity index is 2.13. The second kappa shape index (κ2) is 2.21. The molecule has 0 spiro atoms. The van der Waals surface area contributed by atoms with E-state index in [9.17, 15) is 0 Å². The molecule has 2 heterocycles. The fourth-order valence-electron chi connectivity index (χ4n) is 2.48. The van der Waals surface area contributed by atoms with Gasteiger partial charge in [-0.1, -0.05) is 0 Å². The van der Waals surface area contributed by atoms with Gasteiger partial charge in [0.15, 0.2) is 0 Å². The summed E-state index contributed by atoms with van der Waals surface area (Å²) >= 11 is 0. The molecule has 0 aromatic rings. The minimum absolute atomic E-state index is 0.462. The van der Waals surface area contributed by atoms with E-state index in [0.29, 0.717) is 12.1 Å². The Hall–Kier alpha value is -0.0800. The van der Waals surface area contributed by atoms with Crippen molar-refractivity contribution in [3.05, 3.63) is 0 Å². The maximum absolute atomic E-state index is 5.96. The van der Waals surface area contributed by atoms with E-state index in [1.165, 1.54) is 25.7 Å². The Morgan fingerprint density at radius 2 is 1.90 bits per heavy atom. The summed E-state index contributed by atoms with van der Waals surface area (Å²) in [6.07, 6.45) is 5.30. The van der Waals surface area contributed by atoms with E-state index in [2.05, 4.69) is 11.9 Å². The van der Waals surface area contributed by atoms with Crippen molar-refractivity contribution in [1.82, 2.24) is 4.90 Å². The van der Waals surface area contributed by atoms with Crippen LogP contribution in [0.15, 0.2) is 0 Å². The van der Waals surface area contributed by atoms with Gasteiger partial charge in [-0.05, 0) is 32.7 Å². The van der Waals surface area contributed by atoms with Crippen LogP contribution < -0.4 is 5.73 Å². The van der Waals surface area contributed by atoms with Crippen LogP contribution in [-0.4, -0.2) is 30.1 Å². The number of rotatable bonds is 0. The molecule has 0 unspecified atom stereocenters. The molecule has 0 amide bonds. The van der Waals surface area contributed by atoms with Crippen molar-refractivity contribution < 1.29 is 0 Å². The zero-order chi connectivity index (χ0) is 7.14. The molecule has 0 aromatic heterocycles. The predicted molar refractivity (Wildman–Crippen MR) is 41.8 cm³/mol. The number of fused-ring (bicyclic) bond motifs is 2. The molecule has 0 saturated carbocycles. The molecule has 0 radical (unpaired) electrons. The number of piperidine rings is 1. The topological polar surface area (TPSA) is 29.3 Å². The van der Waals surface area contributed by atoms with E-state index in [1.807, 2.05) is 0 Å². The van der Waals surface area contributed by atoms with Crippen LogP contribution in [0, 0.1) is 0 Å². The predicted octanol–water partition coefficient (Wildman–Crippen LogP) is 0.570. The summed E-state index contributed by atoms with van der Waals surface area (Å²) < 4.78 is 0. The van der Waals surface area contributed by atoms with Crippen LogP contribution in [0.5, 0.6) is 0 Å². The summed E-state index contributed by atoms with van der Waals surface area (Å²) in [5.41, 5.74) is 5.96. The van der Waals surface area contributed by atoms with Crippen LogP contribution in [0.2, 0.25) is 0 Å². The van der Waals surface area contributed by atoms with E-state index in [-0.39, 0.29) is 0 Å². The Morgan fingerprint density at radius 3 is 2.60 bits per heavy atom. The largest absolute Gasteiger partial charge is 0.326 e. The quantitative estimate of drug-likeness (QED) is 0.533. The van der Waals surface area contributed by atoms with E-state index in [4.69, 9.17) is 5.73 Å². The molecule has 2 saturated heterocycles. The van der Waals surface area contributed by atoms with Crippen molar-refractivity contribution in [2.45, 2.75) is 43.8 Å². The van der Waals surface area contributed by atoms with E-state index < -0.39 is 0 Å². The van der Waals surface area contributed by atoms with Gasteiger partial charge in [-0.3, -0.25) is 4.90 Å². The molecule has 2 rings (SSSR count). The van der Waals surface area contributed by atoms with Crippen molar-refractivity contribution in [3.63, 3.8) is 0 Å². The normalized spacial score (nSPS) is 48.0. The average Bonchev–Trinajstić information content (AvgIpc) is 2.13. The second-order valence-corrected chi connectivity index (χ2v) is 3.71. The van der Waals surface area contributed by atoms with Gasteiger partial charge in [-0.2, -0.15) is 0 Å². The first-order valence-electron chi connectivity index (χ1n) is 4.26. The molecule has 0 aliphatic carbocycles. The summed E-state index contributed by atoms with van der Waals surface area (Å²) in [6.45, 7) is 0. The van der Waals surface area contributed by atoms with Crippen molar-refractivity contribution in [2.75, 3.05) is 7.05 Å². The van der Waals surface area contributed by atoms with Gasteiger partial charge in [0.25, 0.3) is 0 Å². The van der Waals surface area contributed by atoms with E-state index in [1.54, 1.807) is 0 Å². The van der Waals surface area contributed by atoms with Gasteiger partial charge < -0.3 is 5.73 Å². The Kier molecular flexibility index (Phi) is 1.46. The van der Waals surface area contributed by atoms with Crippen molar-refractivity contribution in [1.29, 1.82) is 0 Å². The highest BCUT2D eigenvalue weighted by molar-refractivity contribution is 4.96. The molecular formula is C8H16N2. The van der Waals surface area contributed by atoms with Gasteiger partial charge in [0.1, 0.15) is 0 Å². The second-order valence-electron chi connectivity index (χ2n) is 3.71. The summed E-state index contributed by atoms with van der Waals surface area (Å²) in [4.78, 5) is 2.48. The van der Waals surface area contributed by atoms with Gasteiger partial charge in [-0.25, -0.2) is 0 Å². The van der Waals surface area contributed by atoms with Crippen molar-refractivity contribution in [3.8, 4) is 0 Å². The lowest BCUT2D eigenvalue weighted by molar-refractivity contribution is 0.158. The fourth-order valence-corrected chi connectivity index (χ4v) is 2.48. The van der Waals surface area contributed by atoms with Gasteiger partial charge in [0.05, 0.1) is 0 Å². The summed E-state index contributed by atoms with van der Waals surface area (Å²) in [5, 5.41) is 0. The lowest BCUT2D eigenvalue weighted by atomic mass is 9.99. The summed E-state index contributed by atoms with van der Waals surface area (Å²) in [6, 6.07) is 2.03. The third-order valence-electron chi connectivity index (χ3n) is 3.22. The molecule has 58 valence electrons. The minimum Gasteiger partial charge on any atom is -0.326 e. The SMILES string of the molecule is CN1[C@@H]2CC[C@@H](N)[C@H]1CC2. The molecule has 0 aromatic carbocycles. The van der Waals surface area contributed by atoms with Crippen LogP contribution >= 0.6 is 0 Å². The van der Waals surface area contributed by atoms with Crippen LogP contribution in [0.4, 0.5) is 0 Å². The molecule has 2 aliphatic rings. The minimum atomic E-state index is 0.462. The lowest BCUT2D eigenvalue weighted by Crippen LogP contribution is -2.48.